The second-order valence-corrected chi connectivity index (χ2v) is 12.0. The van der Waals surface area contributed by atoms with Crippen LogP contribution in [0.15, 0.2) is 0 Å². The fourth-order valence-electron chi connectivity index (χ4n) is 5.47. The zero-order chi connectivity index (χ0) is 37.4. The van der Waals surface area contributed by atoms with Crippen molar-refractivity contribution in [3.8, 4) is 0 Å². The van der Waals surface area contributed by atoms with Crippen molar-refractivity contribution in [3.05, 3.63) is 0 Å². The van der Waals surface area contributed by atoms with Gasteiger partial charge in [-0.05, 0) is 0 Å². The molecule has 4 aliphatic heterocycles. The minimum Gasteiger partial charge on any atom is -0.394 e. The predicted molar refractivity (Wildman–Crippen MR) is 155 cm³/mol. The van der Waals surface area contributed by atoms with Crippen molar-refractivity contribution in [1.29, 1.82) is 0 Å². The summed E-state index contributed by atoms with van der Waals surface area (Å²) in [6.45, 7) is -3.89. The third-order valence-electron chi connectivity index (χ3n) is 8.28. The monoisotopic (exact) mass is 744 g/mol. The molecule has 0 spiro atoms. The van der Waals surface area contributed by atoms with Crippen LogP contribution in [0.2, 0.25) is 0 Å². The first-order valence-corrected chi connectivity index (χ1v) is 16.0. The number of carbonyl (C=O) groups excluding carboxylic acids is 4. The molecule has 51 heavy (non-hydrogen) atoms. The fraction of sp³-hybridized carbons (Fsp3) is 0.857. The zero-order valence-corrected chi connectivity index (χ0v) is 27.0. The van der Waals surface area contributed by atoms with Gasteiger partial charge >= 0.3 is 5.97 Å². The van der Waals surface area contributed by atoms with Crippen molar-refractivity contribution in [3.63, 3.8) is 0 Å². The molecule has 4 rings (SSSR count). The Morgan fingerprint density at radius 3 is 2.04 bits per heavy atom. The van der Waals surface area contributed by atoms with Gasteiger partial charge in [0.1, 0.15) is 74.3 Å². The number of rotatable bonds is 16. The molecular weight excluding hydrogens is 700 g/mol. The smallest absolute Gasteiger partial charge is 0.358 e. The van der Waals surface area contributed by atoms with Gasteiger partial charge in [0.2, 0.25) is 5.91 Å². The molecular formula is C28H44N2O21. The second kappa shape index (κ2) is 19.0. The molecule has 0 bridgehead atoms. The van der Waals surface area contributed by atoms with E-state index in [-0.39, 0.29) is 32.4 Å². The number of aliphatic hydroxyl groups is 9. The lowest BCUT2D eigenvalue weighted by atomic mass is 9.97. The van der Waals surface area contributed by atoms with E-state index in [0.29, 0.717) is 5.06 Å². The first-order valence-electron chi connectivity index (χ1n) is 16.0. The molecule has 4 saturated heterocycles. The molecule has 4 fully saturated rings. The van der Waals surface area contributed by atoms with E-state index in [1.54, 1.807) is 0 Å². The third kappa shape index (κ3) is 10.5. The molecule has 0 radical (unpaired) electrons. The van der Waals surface area contributed by atoms with Gasteiger partial charge in [-0.1, -0.05) is 0 Å². The summed E-state index contributed by atoms with van der Waals surface area (Å²) in [7, 11) is 0. The molecule has 4 heterocycles. The number of hydrogen-bond acceptors (Lipinski definition) is 21. The first kappa shape index (κ1) is 41.2. The summed E-state index contributed by atoms with van der Waals surface area (Å²) in [5.74, 6) is -3.19. The number of nitrogens with zero attached hydrogens (tertiary/aromatic N) is 1. The maximum absolute atomic E-state index is 12.1. The largest absolute Gasteiger partial charge is 0.394 e. The number of nitrogens with one attached hydrogen (secondary N) is 1. The molecule has 3 amide bonds. The maximum Gasteiger partial charge on any atom is 0.358 e. The van der Waals surface area contributed by atoms with Crippen LogP contribution in [0, 0.1) is 0 Å². The molecule has 0 aromatic heterocycles. The van der Waals surface area contributed by atoms with Gasteiger partial charge in [0.05, 0.1) is 32.5 Å². The van der Waals surface area contributed by atoms with E-state index in [0.717, 1.165) is 0 Å². The summed E-state index contributed by atoms with van der Waals surface area (Å²) in [6, 6.07) is 0. The standard InChI is InChI=1S/C28H44N2O21/c31-6-13-11(33)5-12(34)26(47-13)46-8-15-21(40)25(50-28-23(42)22(41)20(39)14(7-32)48-28)24(43)27(49-15)45-4-3-29-16(35)9-44-10-19(38)51-30-17(36)1-2-18(30)37/h11-15,20-28,31-34,39-43H,1-10H2,(H,29,35)/t11-,12-,13+,14+,15+,20+,21+,22-,23-,24-,25-,26?,27+,28+/m0/s1. The minimum atomic E-state index is -1.91. The highest BCUT2D eigenvalue weighted by molar-refractivity contribution is 6.01. The van der Waals surface area contributed by atoms with E-state index >= 15 is 0 Å². The van der Waals surface area contributed by atoms with Crippen LogP contribution in [-0.2, 0) is 57.2 Å². The molecule has 0 aliphatic carbocycles. The Balaban J connectivity index is 1.31. The normalized spacial score (nSPS) is 38.9. The summed E-state index contributed by atoms with van der Waals surface area (Å²) in [5.41, 5.74) is 0. The van der Waals surface area contributed by atoms with Gasteiger partial charge in [-0.2, -0.15) is 0 Å². The lowest BCUT2D eigenvalue weighted by Gasteiger charge is -2.46. The van der Waals surface area contributed by atoms with Crippen LogP contribution in [0.5, 0.6) is 0 Å². The minimum absolute atomic E-state index is 0.0988. The van der Waals surface area contributed by atoms with Gasteiger partial charge in [0.25, 0.3) is 11.8 Å². The topological polar surface area (TPSA) is 339 Å². The molecule has 0 aromatic carbocycles. The number of hydroxylamine groups is 2. The van der Waals surface area contributed by atoms with E-state index in [9.17, 15) is 65.1 Å². The molecule has 23 heteroatoms. The highest BCUT2D eigenvalue weighted by Gasteiger charge is 2.51. The van der Waals surface area contributed by atoms with Crippen molar-refractivity contribution in [2.24, 2.45) is 0 Å². The average molecular weight is 745 g/mol. The Hall–Kier alpha value is -2.56. The lowest BCUT2D eigenvalue weighted by molar-refractivity contribution is -0.364. The van der Waals surface area contributed by atoms with Crippen LogP contribution in [0.4, 0.5) is 0 Å². The summed E-state index contributed by atoms with van der Waals surface area (Å²) in [5, 5.41) is 94.8. The lowest BCUT2D eigenvalue weighted by Crippen LogP contribution is -2.65. The second-order valence-electron chi connectivity index (χ2n) is 12.0. The van der Waals surface area contributed by atoms with E-state index in [1.165, 1.54) is 0 Å². The van der Waals surface area contributed by atoms with Crippen LogP contribution < -0.4 is 5.32 Å². The number of carbonyl (C=O) groups is 4. The molecule has 0 aromatic rings. The summed E-state index contributed by atoms with van der Waals surface area (Å²) in [4.78, 5) is 51.6. The van der Waals surface area contributed by atoms with Crippen LogP contribution in [0.25, 0.3) is 0 Å². The quantitative estimate of drug-likeness (QED) is 0.0518. The van der Waals surface area contributed by atoms with Gasteiger partial charge in [-0.25, -0.2) is 4.79 Å². The molecule has 4 aliphatic rings. The highest BCUT2D eigenvalue weighted by atomic mass is 16.8. The Morgan fingerprint density at radius 1 is 0.725 bits per heavy atom. The molecule has 23 nitrogen and oxygen atoms in total. The van der Waals surface area contributed by atoms with Crippen LogP contribution >= 0.6 is 0 Å². The van der Waals surface area contributed by atoms with E-state index in [4.69, 9.17) is 33.2 Å². The summed E-state index contributed by atoms with van der Waals surface area (Å²) < 4.78 is 38.0. The van der Waals surface area contributed by atoms with E-state index in [2.05, 4.69) is 10.2 Å². The maximum atomic E-state index is 12.1. The zero-order valence-electron chi connectivity index (χ0n) is 27.0. The Bertz CT molecular complexity index is 1160. The average Bonchev–Trinajstić information content (AvgIpc) is 3.41. The number of aliphatic hydroxyl groups excluding tert-OH is 9. The van der Waals surface area contributed by atoms with Crippen molar-refractivity contribution in [1.82, 2.24) is 10.4 Å². The van der Waals surface area contributed by atoms with Crippen molar-refractivity contribution in [2.45, 2.75) is 105 Å². The highest BCUT2D eigenvalue weighted by Crippen LogP contribution is 2.30. The number of imide groups is 1. The number of hydrogen-bond donors (Lipinski definition) is 10. The molecule has 1 unspecified atom stereocenters. The molecule has 10 N–H and O–H groups in total. The molecule has 292 valence electrons. The SMILES string of the molecule is O=C(COCC(=O)ON1C(=O)CCC1=O)NCCO[C@@H]1O[C@H](COC2O[C@H](CO)[C@@H](O)C[C@@H]2O)[C@@H](O)[C@H](O[C@H]2O[C@H](CO)[C@@H](O)[C@H](O)[C@@H]2O)[C@@H]1O. The van der Waals surface area contributed by atoms with Gasteiger partial charge in [-0.3, -0.25) is 14.4 Å². The third-order valence-corrected chi connectivity index (χ3v) is 8.28. The van der Waals surface area contributed by atoms with Crippen LogP contribution in [0.3, 0.4) is 0 Å². The first-order chi connectivity index (χ1) is 24.2. The van der Waals surface area contributed by atoms with Gasteiger partial charge in [0, 0.05) is 25.8 Å². The van der Waals surface area contributed by atoms with Crippen molar-refractivity contribution in [2.75, 3.05) is 46.2 Å². The van der Waals surface area contributed by atoms with E-state index in [1.807, 2.05) is 0 Å². The van der Waals surface area contributed by atoms with Gasteiger partial charge in [-0.15, -0.1) is 5.06 Å². The Kier molecular flexibility index (Phi) is 15.3. The Morgan fingerprint density at radius 2 is 1.37 bits per heavy atom. The van der Waals surface area contributed by atoms with Crippen molar-refractivity contribution < 1.29 is 103 Å². The molecule has 14 atom stereocenters. The van der Waals surface area contributed by atoms with Gasteiger partial charge in [0.15, 0.2) is 18.9 Å². The van der Waals surface area contributed by atoms with Crippen LogP contribution in [-0.4, -0.2) is 207 Å². The van der Waals surface area contributed by atoms with Crippen molar-refractivity contribution >= 4 is 23.7 Å². The number of ether oxygens (including phenoxy) is 7. The summed E-state index contributed by atoms with van der Waals surface area (Å²) >= 11 is 0. The summed E-state index contributed by atoms with van der Waals surface area (Å²) in [6.07, 6.45) is -22.5. The van der Waals surface area contributed by atoms with Gasteiger partial charge < -0.3 is 89.3 Å². The Labute approximate surface area is 289 Å². The fourth-order valence-corrected chi connectivity index (χ4v) is 5.47. The number of amides is 3. The predicted octanol–water partition coefficient (Wildman–Crippen LogP) is -7.78. The molecule has 0 saturated carbocycles. The van der Waals surface area contributed by atoms with Crippen LogP contribution in [0.1, 0.15) is 19.3 Å². The van der Waals surface area contributed by atoms with E-state index < -0.39 is 143 Å².